The molecule has 0 radical (unpaired) electrons. The van der Waals surface area contributed by atoms with Gasteiger partial charge in [0, 0.05) is 15.4 Å². The first-order valence-electron chi connectivity index (χ1n) is 5.29. The maximum absolute atomic E-state index is 13.6. The van der Waals surface area contributed by atoms with Crippen molar-refractivity contribution in [2.24, 2.45) is 0 Å². The van der Waals surface area contributed by atoms with E-state index in [1.165, 1.54) is 6.07 Å². The molecule has 4 heteroatoms. The van der Waals surface area contributed by atoms with E-state index < -0.39 is 5.82 Å². The highest BCUT2D eigenvalue weighted by molar-refractivity contribution is 9.10. The van der Waals surface area contributed by atoms with Crippen molar-refractivity contribution in [2.45, 2.75) is 6.42 Å². The molecular formula is C14H9Br2FO. The first-order chi connectivity index (χ1) is 8.58. The fourth-order valence-corrected chi connectivity index (χ4v) is 2.69. The second-order valence-corrected chi connectivity index (χ2v) is 5.60. The lowest BCUT2D eigenvalue weighted by Gasteiger charge is -2.05. The Balaban J connectivity index is 2.28. The molecule has 2 rings (SSSR count). The Morgan fingerprint density at radius 3 is 2.50 bits per heavy atom. The summed E-state index contributed by atoms with van der Waals surface area (Å²) < 4.78 is 15.0. The van der Waals surface area contributed by atoms with Crippen molar-refractivity contribution in [1.29, 1.82) is 0 Å². The van der Waals surface area contributed by atoms with Crippen molar-refractivity contribution in [3.05, 3.63) is 68.4 Å². The number of hydrogen-bond acceptors (Lipinski definition) is 1. The molecule has 0 N–H and O–H groups in total. The van der Waals surface area contributed by atoms with Crippen molar-refractivity contribution in [3.8, 4) is 0 Å². The van der Waals surface area contributed by atoms with Gasteiger partial charge in [-0.15, -0.1) is 0 Å². The van der Waals surface area contributed by atoms with E-state index in [1.54, 1.807) is 12.1 Å². The van der Waals surface area contributed by atoms with Crippen LogP contribution in [0.15, 0.2) is 51.4 Å². The second-order valence-electron chi connectivity index (χ2n) is 3.83. The lowest BCUT2D eigenvalue weighted by Crippen LogP contribution is -2.07. The van der Waals surface area contributed by atoms with Gasteiger partial charge in [0.15, 0.2) is 5.78 Å². The molecular weight excluding hydrogens is 363 g/mol. The van der Waals surface area contributed by atoms with Gasteiger partial charge in [-0.3, -0.25) is 4.79 Å². The molecule has 0 aromatic heterocycles. The number of carbonyl (C=O) groups is 1. The van der Waals surface area contributed by atoms with E-state index in [-0.39, 0.29) is 17.8 Å². The summed E-state index contributed by atoms with van der Waals surface area (Å²) in [5.74, 6) is -0.734. The third-order valence-corrected chi connectivity index (χ3v) is 3.65. The van der Waals surface area contributed by atoms with E-state index in [0.29, 0.717) is 4.47 Å². The fraction of sp³-hybridized carbons (Fsp3) is 0.0714. The Morgan fingerprint density at radius 1 is 1.11 bits per heavy atom. The van der Waals surface area contributed by atoms with Gasteiger partial charge in [-0.25, -0.2) is 4.39 Å². The van der Waals surface area contributed by atoms with Gasteiger partial charge in [0.25, 0.3) is 0 Å². The lowest BCUT2D eigenvalue weighted by atomic mass is 10.0. The molecule has 0 fully saturated rings. The van der Waals surface area contributed by atoms with Gasteiger partial charge >= 0.3 is 0 Å². The van der Waals surface area contributed by atoms with E-state index in [1.807, 2.05) is 24.3 Å². The van der Waals surface area contributed by atoms with Crippen LogP contribution in [0.5, 0.6) is 0 Å². The summed E-state index contributed by atoms with van der Waals surface area (Å²) in [7, 11) is 0. The molecule has 0 saturated heterocycles. The minimum Gasteiger partial charge on any atom is -0.294 e. The molecule has 0 aliphatic rings. The van der Waals surface area contributed by atoms with Gasteiger partial charge in [-0.05, 0) is 45.8 Å². The monoisotopic (exact) mass is 370 g/mol. The van der Waals surface area contributed by atoms with Crippen LogP contribution >= 0.6 is 31.9 Å². The summed E-state index contributed by atoms with van der Waals surface area (Å²) in [5.41, 5.74) is 0.960. The normalized spacial score (nSPS) is 10.4. The topological polar surface area (TPSA) is 17.1 Å². The average Bonchev–Trinajstić information content (AvgIpc) is 2.28. The largest absolute Gasteiger partial charge is 0.294 e. The Hall–Kier alpha value is -1.00. The van der Waals surface area contributed by atoms with E-state index in [9.17, 15) is 9.18 Å². The molecule has 0 bridgehead atoms. The fourth-order valence-electron chi connectivity index (χ4n) is 1.68. The molecule has 0 heterocycles. The van der Waals surface area contributed by atoms with Crippen LogP contribution in [0, 0.1) is 5.82 Å². The molecule has 2 aromatic rings. The molecule has 0 aliphatic heterocycles. The van der Waals surface area contributed by atoms with Crippen LogP contribution in [0.25, 0.3) is 0 Å². The molecule has 2 aromatic carbocycles. The minimum atomic E-state index is -0.496. The molecule has 0 spiro atoms. The molecule has 0 aliphatic carbocycles. The summed E-state index contributed by atoms with van der Waals surface area (Å²) in [6.45, 7) is 0. The van der Waals surface area contributed by atoms with Crippen LogP contribution in [-0.4, -0.2) is 5.78 Å². The van der Waals surface area contributed by atoms with Gasteiger partial charge in [0.1, 0.15) is 5.82 Å². The molecule has 0 saturated carbocycles. The summed E-state index contributed by atoms with van der Waals surface area (Å²) in [6, 6.07) is 11.9. The zero-order valence-corrected chi connectivity index (χ0v) is 12.5. The smallest absolute Gasteiger partial charge is 0.171 e. The number of rotatable bonds is 3. The number of ketones is 1. The van der Waals surface area contributed by atoms with E-state index >= 15 is 0 Å². The summed E-state index contributed by atoms with van der Waals surface area (Å²) in [5, 5.41) is 0. The van der Waals surface area contributed by atoms with Crippen LogP contribution < -0.4 is 0 Å². The minimum absolute atomic E-state index is 0.109. The molecule has 92 valence electrons. The molecule has 1 nitrogen and oxygen atoms in total. The van der Waals surface area contributed by atoms with Gasteiger partial charge < -0.3 is 0 Å². The van der Waals surface area contributed by atoms with Crippen LogP contribution in [-0.2, 0) is 6.42 Å². The van der Waals surface area contributed by atoms with Crippen molar-refractivity contribution in [1.82, 2.24) is 0 Å². The SMILES string of the molecule is O=C(Cc1cccc(Br)c1)c1c(F)cccc1Br. The van der Waals surface area contributed by atoms with Gasteiger partial charge in [0.2, 0.25) is 0 Å². The molecule has 0 amide bonds. The highest BCUT2D eigenvalue weighted by Crippen LogP contribution is 2.22. The first kappa shape index (κ1) is 13.4. The summed E-state index contributed by atoms with van der Waals surface area (Å²) >= 11 is 6.55. The third-order valence-electron chi connectivity index (χ3n) is 2.50. The highest BCUT2D eigenvalue weighted by Gasteiger charge is 2.15. The third kappa shape index (κ3) is 3.06. The summed E-state index contributed by atoms with van der Waals surface area (Å²) in [6.07, 6.45) is 0.180. The maximum atomic E-state index is 13.6. The van der Waals surface area contributed by atoms with Crippen LogP contribution in [0.4, 0.5) is 4.39 Å². The van der Waals surface area contributed by atoms with Gasteiger partial charge in [0.05, 0.1) is 5.56 Å². The second kappa shape index (κ2) is 5.76. The number of carbonyl (C=O) groups excluding carboxylic acids is 1. The van der Waals surface area contributed by atoms with Crippen molar-refractivity contribution >= 4 is 37.6 Å². The Kier molecular flexibility index (Phi) is 4.30. The quantitative estimate of drug-likeness (QED) is 0.710. The molecule has 18 heavy (non-hydrogen) atoms. The Bertz CT molecular complexity index is 576. The van der Waals surface area contributed by atoms with Crippen molar-refractivity contribution in [2.75, 3.05) is 0 Å². The number of benzene rings is 2. The predicted octanol–water partition coefficient (Wildman–Crippen LogP) is 4.78. The van der Waals surface area contributed by atoms with Crippen molar-refractivity contribution in [3.63, 3.8) is 0 Å². The zero-order valence-electron chi connectivity index (χ0n) is 9.29. The average molecular weight is 372 g/mol. The zero-order chi connectivity index (χ0) is 13.1. The Labute approximate surface area is 121 Å². The van der Waals surface area contributed by atoms with E-state index in [0.717, 1.165) is 10.0 Å². The standard InChI is InChI=1S/C14H9Br2FO/c15-10-4-1-3-9(7-10)8-13(18)14-11(16)5-2-6-12(14)17/h1-7H,8H2. The number of halogens is 3. The van der Waals surface area contributed by atoms with E-state index in [4.69, 9.17) is 0 Å². The number of Topliss-reactive ketones (excluding diaryl/α,β-unsaturated/α-hetero) is 1. The maximum Gasteiger partial charge on any atom is 0.171 e. The van der Waals surface area contributed by atoms with Crippen LogP contribution in [0.2, 0.25) is 0 Å². The summed E-state index contributed by atoms with van der Waals surface area (Å²) in [4.78, 5) is 12.1. The van der Waals surface area contributed by atoms with E-state index in [2.05, 4.69) is 31.9 Å². The number of hydrogen-bond donors (Lipinski definition) is 0. The highest BCUT2D eigenvalue weighted by atomic mass is 79.9. The van der Waals surface area contributed by atoms with Crippen LogP contribution in [0.3, 0.4) is 0 Å². The van der Waals surface area contributed by atoms with Crippen molar-refractivity contribution < 1.29 is 9.18 Å². The lowest BCUT2D eigenvalue weighted by molar-refractivity contribution is 0.0988. The Morgan fingerprint density at radius 2 is 1.83 bits per heavy atom. The van der Waals surface area contributed by atoms with Crippen LogP contribution in [0.1, 0.15) is 15.9 Å². The van der Waals surface area contributed by atoms with Gasteiger partial charge in [-0.1, -0.05) is 34.1 Å². The predicted molar refractivity (Wildman–Crippen MR) is 76.3 cm³/mol. The molecule has 0 unspecified atom stereocenters. The first-order valence-corrected chi connectivity index (χ1v) is 6.88. The van der Waals surface area contributed by atoms with Gasteiger partial charge in [-0.2, -0.15) is 0 Å². The molecule has 0 atom stereocenters.